The first kappa shape index (κ1) is 9.39. The van der Waals surface area contributed by atoms with E-state index >= 15 is 0 Å². The topological polar surface area (TPSA) is 59.2 Å². The van der Waals surface area contributed by atoms with Gasteiger partial charge in [-0.15, -0.1) is 0 Å². The molecule has 1 aliphatic rings. The molecule has 1 saturated carbocycles. The molecule has 0 atom stereocenters. The Bertz CT molecular complexity index is 486. The number of benzene rings is 1. The van der Waals surface area contributed by atoms with E-state index in [2.05, 4.69) is 10.1 Å². The van der Waals surface area contributed by atoms with Crippen molar-refractivity contribution in [1.29, 1.82) is 0 Å². The number of nitrogens with zero attached hydrogens (tertiary/aromatic N) is 2. The number of phenolic OH excluding ortho intramolecular Hbond substituents is 1. The minimum absolute atomic E-state index is 0.237. The van der Waals surface area contributed by atoms with Crippen molar-refractivity contribution in [2.75, 3.05) is 0 Å². The number of aromatic nitrogens is 2. The van der Waals surface area contributed by atoms with Crippen LogP contribution < -0.4 is 0 Å². The molecule has 1 aliphatic carbocycles. The van der Waals surface area contributed by atoms with Crippen LogP contribution in [0, 0.1) is 5.92 Å². The average molecular weight is 216 g/mol. The summed E-state index contributed by atoms with van der Waals surface area (Å²) in [6.07, 6.45) is 3.48. The van der Waals surface area contributed by atoms with Gasteiger partial charge in [0.15, 0.2) is 5.82 Å². The first-order valence-corrected chi connectivity index (χ1v) is 5.43. The molecule has 82 valence electrons. The van der Waals surface area contributed by atoms with Crippen LogP contribution in [-0.2, 0) is 6.42 Å². The van der Waals surface area contributed by atoms with Crippen molar-refractivity contribution >= 4 is 0 Å². The van der Waals surface area contributed by atoms with E-state index in [1.807, 2.05) is 0 Å². The molecule has 16 heavy (non-hydrogen) atoms. The Morgan fingerprint density at radius 1 is 1.25 bits per heavy atom. The van der Waals surface area contributed by atoms with Crippen LogP contribution in [0.15, 0.2) is 28.8 Å². The van der Waals surface area contributed by atoms with E-state index in [-0.39, 0.29) is 5.75 Å². The summed E-state index contributed by atoms with van der Waals surface area (Å²) in [6.45, 7) is 0. The van der Waals surface area contributed by atoms with Gasteiger partial charge in [-0.2, -0.15) is 4.98 Å². The summed E-state index contributed by atoms with van der Waals surface area (Å²) in [4.78, 5) is 4.33. The first-order chi connectivity index (χ1) is 7.81. The third-order valence-corrected chi connectivity index (χ3v) is 2.75. The van der Waals surface area contributed by atoms with Crippen molar-refractivity contribution in [3.05, 3.63) is 30.1 Å². The van der Waals surface area contributed by atoms with Crippen LogP contribution in [0.25, 0.3) is 11.5 Å². The summed E-state index contributed by atoms with van der Waals surface area (Å²) in [7, 11) is 0. The molecule has 1 aromatic heterocycles. The van der Waals surface area contributed by atoms with Crippen molar-refractivity contribution in [3.8, 4) is 17.2 Å². The highest BCUT2D eigenvalue weighted by molar-refractivity contribution is 5.53. The molecule has 1 fully saturated rings. The second kappa shape index (κ2) is 3.63. The summed E-state index contributed by atoms with van der Waals surface area (Å²) in [5.74, 6) is 2.30. The molecule has 1 heterocycles. The van der Waals surface area contributed by atoms with Crippen LogP contribution in [-0.4, -0.2) is 15.2 Å². The molecule has 0 saturated heterocycles. The van der Waals surface area contributed by atoms with Gasteiger partial charge >= 0.3 is 0 Å². The minimum Gasteiger partial charge on any atom is -0.508 e. The molecule has 0 amide bonds. The average Bonchev–Trinajstić information content (AvgIpc) is 2.97. The maximum atomic E-state index is 9.17. The molecular weight excluding hydrogens is 204 g/mol. The summed E-state index contributed by atoms with van der Waals surface area (Å²) in [5.41, 5.74) is 0.840. The van der Waals surface area contributed by atoms with Gasteiger partial charge < -0.3 is 9.63 Å². The van der Waals surface area contributed by atoms with Crippen LogP contribution in [0.3, 0.4) is 0 Å². The van der Waals surface area contributed by atoms with Crippen LogP contribution in [0.5, 0.6) is 5.75 Å². The Kier molecular flexibility index (Phi) is 2.13. The summed E-state index contributed by atoms with van der Waals surface area (Å²) in [5, 5.41) is 13.1. The molecule has 1 aromatic carbocycles. The predicted octanol–water partition coefficient (Wildman–Crippen LogP) is 2.39. The quantitative estimate of drug-likeness (QED) is 0.855. The second-order valence-corrected chi connectivity index (χ2v) is 4.21. The Hall–Kier alpha value is -1.84. The molecule has 0 unspecified atom stereocenters. The van der Waals surface area contributed by atoms with Crippen LogP contribution in [0.4, 0.5) is 0 Å². The Morgan fingerprint density at radius 2 is 2.00 bits per heavy atom. The van der Waals surface area contributed by atoms with Gasteiger partial charge in [-0.1, -0.05) is 5.16 Å². The fourth-order valence-corrected chi connectivity index (χ4v) is 1.64. The van der Waals surface area contributed by atoms with E-state index in [1.54, 1.807) is 24.3 Å². The standard InChI is InChI=1S/C12H12N2O2/c15-10-5-3-9(4-6-10)12-13-11(14-16-12)7-8-1-2-8/h3-6,8,15H,1-2,7H2. The third kappa shape index (κ3) is 1.91. The number of aromatic hydroxyl groups is 1. The van der Waals surface area contributed by atoms with Gasteiger partial charge in [-0.3, -0.25) is 0 Å². The highest BCUT2D eigenvalue weighted by Crippen LogP contribution is 2.32. The fraction of sp³-hybridized carbons (Fsp3) is 0.333. The monoisotopic (exact) mass is 216 g/mol. The molecule has 1 N–H and O–H groups in total. The smallest absolute Gasteiger partial charge is 0.257 e. The van der Waals surface area contributed by atoms with Crippen molar-refractivity contribution in [3.63, 3.8) is 0 Å². The van der Waals surface area contributed by atoms with Gasteiger partial charge in [0.1, 0.15) is 5.75 Å². The lowest BCUT2D eigenvalue weighted by Gasteiger charge is -1.93. The highest BCUT2D eigenvalue weighted by atomic mass is 16.5. The Balaban J connectivity index is 1.82. The van der Waals surface area contributed by atoms with Crippen LogP contribution in [0.1, 0.15) is 18.7 Å². The van der Waals surface area contributed by atoms with Gasteiger partial charge in [0.2, 0.25) is 0 Å². The van der Waals surface area contributed by atoms with Crippen molar-refractivity contribution < 1.29 is 9.63 Å². The molecular formula is C12H12N2O2. The third-order valence-electron chi connectivity index (χ3n) is 2.75. The zero-order valence-corrected chi connectivity index (χ0v) is 8.76. The van der Waals surface area contributed by atoms with E-state index in [0.29, 0.717) is 5.89 Å². The molecule has 0 aliphatic heterocycles. The number of phenols is 1. The fourth-order valence-electron chi connectivity index (χ4n) is 1.64. The van der Waals surface area contributed by atoms with E-state index < -0.39 is 0 Å². The maximum Gasteiger partial charge on any atom is 0.257 e. The molecule has 0 bridgehead atoms. The van der Waals surface area contributed by atoms with Crippen molar-refractivity contribution in [1.82, 2.24) is 10.1 Å². The van der Waals surface area contributed by atoms with Gasteiger partial charge in [-0.05, 0) is 43.0 Å². The number of hydrogen-bond acceptors (Lipinski definition) is 4. The lowest BCUT2D eigenvalue weighted by atomic mass is 10.2. The lowest BCUT2D eigenvalue weighted by Crippen LogP contribution is -1.89. The first-order valence-electron chi connectivity index (χ1n) is 5.43. The van der Waals surface area contributed by atoms with Gasteiger partial charge in [0.05, 0.1) is 0 Å². The Morgan fingerprint density at radius 3 is 2.69 bits per heavy atom. The van der Waals surface area contributed by atoms with Gasteiger partial charge in [0.25, 0.3) is 5.89 Å². The SMILES string of the molecule is Oc1ccc(-c2nc(CC3CC3)no2)cc1. The van der Waals surface area contributed by atoms with E-state index in [1.165, 1.54) is 12.8 Å². The molecule has 0 spiro atoms. The summed E-state index contributed by atoms with van der Waals surface area (Å²) >= 11 is 0. The normalized spacial score (nSPS) is 15.2. The zero-order chi connectivity index (χ0) is 11.0. The molecule has 0 radical (unpaired) electrons. The highest BCUT2D eigenvalue weighted by Gasteiger charge is 2.24. The number of rotatable bonds is 3. The minimum atomic E-state index is 0.237. The number of hydrogen-bond donors (Lipinski definition) is 1. The van der Waals surface area contributed by atoms with Crippen LogP contribution >= 0.6 is 0 Å². The molecule has 3 rings (SSSR count). The van der Waals surface area contributed by atoms with Crippen molar-refractivity contribution in [2.24, 2.45) is 5.92 Å². The zero-order valence-electron chi connectivity index (χ0n) is 8.76. The molecule has 4 nitrogen and oxygen atoms in total. The molecule has 2 aromatic rings. The molecule has 4 heteroatoms. The maximum absolute atomic E-state index is 9.17. The summed E-state index contributed by atoms with van der Waals surface area (Å²) < 4.78 is 5.18. The van der Waals surface area contributed by atoms with E-state index in [0.717, 1.165) is 23.7 Å². The van der Waals surface area contributed by atoms with Gasteiger partial charge in [-0.25, -0.2) is 0 Å². The van der Waals surface area contributed by atoms with E-state index in [4.69, 9.17) is 9.63 Å². The lowest BCUT2D eigenvalue weighted by molar-refractivity contribution is 0.421. The largest absolute Gasteiger partial charge is 0.508 e. The second-order valence-electron chi connectivity index (χ2n) is 4.21. The van der Waals surface area contributed by atoms with Crippen molar-refractivity contribution in [2.45, 2.75) is 19.3 Å². The van der Waals surface area contributed by atoms with Gasteiger partial charge in [0, 0.05) is 12.0 Å². The summed E-state index contributed by atoms with van der Waals surface area (Å²) in [6, 6.07) is 6.76. The van der Waals surface area contributed by atoms with Crippen LogP contribution in [0.2, 0.25) is 0 Å². The van der Waals surface area contributed by atoms with E-state index in [9.17, 15) is 0 Å². The predicted molar refractivity (Wildman–Crippen MR) is 57.8 cm³/mol. The Labute approximate surface area is 92.9 Å².